The highest BCUT2D eigenvalue weighted by Gasteiger charge is 2.27. The quantitative estimate of drug-likeness (QED) is 0.910. The van der Waals surface area contributed by atoms with E-state index in [1.807, 2.05) is 24.0 Å². The fraction of sp³-hybridized carbons (Fsp3) is 0.600. The number of anilines is 1. The van der Waals surface area contributed by atoms with E-state index in [1.165, 1.54) is 0 Å². The van der Waals surface area contributed by atoms with Crippen LogP contribution in [0.4, 0.5) is 5.82 Å². The largest absolute Gasteiger partial charge is 0.370 e. The monoisotopic (exact) mass is 261 g/mol. The Labute approximate surface area is 115 Å². The van der Waals surface area contributed by atoms with Crippen molar-refractivity contribution in [1.29, 1.82) is 0 Å². The van der Waals surface area contributed by atoms with Crippen molar-refractivity contribution in [2.45, 2.75) is 39.7 Å². The number of carbonyl (C=O) groups excluding carboxylic acids is 1. The molecule has 0 saturated carbocycles. The molecule has 2 heterocycles. The van der Waals surface area contributed by atoms with Gasteiger partial charge in [0.05, 0.1) is 5.56 Å². The summed E-state index contributed by atoms with van der Waals surface area (Å²) in [5.41, 5.74) is 0.683. The van der Waals surface area contributed by atoms with Gasteiger partial charge in [0.25, 0.3) is 5.91 Å². The molecule has 0 radical (unpaired) electrons. The molecule has 4 heteroatoms. The van der Waals surface area contributed by atoms with Gasteiger partial charge in [0, 0.05) is 25.3 Å². The summed E-state index contributed by atoms with van der Waals surface area (Å²) >= 11 is 0. The molecule has 1 saturated heterocycles. The number of hydrogen-bond acceptors (Lipinski definition) is 3. The Balaban J connectivity index is 2.06. The van der Waals surface area contributed by atoms with Crippen LogP contribution in [-0.2, 0) is 0 Å². The predicted octanol–water partition coefficient (Wildman–Crippen LogP) is 2.77. The number of nitrogens with zero attached hydrogens (tertiary/aromatic N) is 2. The lowest BCUT2D eigenvalue weighted by Gasteiger charge is -2.36. The second kappa shape index (κ2) is 6.04. The molecule has 0 aromatic carbocycles. The smallest absolute Gasteiger partial charge is 0.255 e. The predicted molar refractivity (Wildman–Crippen MR) is 77.3 cm³/mol. The standard InChI is InChI=1S/C15H23N3O/c1-4-16-14-6-5-13(10-17-14)15(19)18-8-7-11(2)9-12(18)3/h5-6,10-12H,4,7-9H2,1-3H3,(H,16,17). The van der Waals surface area contributed by atoms with E-state index in [1.54, 1.807) is 6.20 Å². The van der Waals surface area contributed by atoms with Gasteiger partial charge in [0.15, 0.2) is 0 Å². The summed E-state index contributed by atoms with van der Waals surface area (Å²) in [5.74, 6) is 1.64. The van der Waals surface area contributed by atoms with Crippen LogP contribution in [0.2, 0.25) is 0 Å². The summed E-state index contributed by atoms with van der Waals surface area (Å²) in [4.78, 5) is 18.7. The lowest BCUT2D eigenvalue weighted by Crippen LogP contribution is -2.44. The Morgan fingerprint density at radius 3 is 2.84 bits per heavy atom. The van der Waals surface area contributed by atoms with Crippen molar-refractivity contribution in [3.8, 4) is 0 Å². The Morgan fingerprint density at radius 1 is 1.47 bits per heavy atom. The van der Waals surface area contributed by atoms with Crippen molar-refractivity contribution >= 4 is 11.7 Å². The van der Waals surface area contributed by atoms with Gasteiger partial charge in [0.1, 0.15) is 5.82 Å². The normalized spacial score (nSPS) is 23.2. The van der Waals surface area contributed by atoms with Crippen LogP contribution in [0.1, 0.15) is 44.0 Å². The first-order valence-electron chi connectivity index (χ1n) is 7.12. The SMILES string of the molecule is CCNc1ccc(C(=O)N2CCC(C)CC2C)cn1. The Hall–Kier alpha value is -1.58. The third-order valence-electron chi connectivity index (χ3n) is 3.77. The molecule has 1 aromatic heterocycles. The van der Waals surface area contributed by atoms with Gasteiger partial charge in [-0.25, -0.2) is 4.98 Å². The van der Waals surface area contributed by atoms with Crippen molar-refractivity contribution in [1.82, 2.24) is 9.88 Å². The fourth-order valence-corrected chi connectivity index (χ4v) is 2.68. The van der Waals surface area contributed by atoms with Gasteiger partial charge in [-0.2, -0.15) is 0 Å². The van der Waals surface area contributed by atoms with Crippen LogP contribution in [0.3, 0.4) is 0 Å². The van der Waals surface area contributed by atoms with Crippen LogP contribution in [0.15, 0.2) is 18.3 Å². The number of rotatable bonds is 3. The first-order valence-corrected chi connectivity index (χ1v) is 7.12. The molecule has 4 nitrogen and oxygen atoms in total. The van der Waals surface area contributed by atoms with Gasteiger partial charge in [-0.15, -0.1) is 0 Å². The van der Waals surface area contributed by atoms with E-state index in [-0.39, 0.29) is 5.91 Å². The minimum atomic E-state index is 0.106. The van der Waals surface area contributed by atoms with E-state index in [2.05, 4.69) is 24.1 Å². The average Bonchev–Trinajstić information content (AvgIpc) is 2.39. The molecule has 1 N–H and O–H groups in total. The molecule has 1 amide bonds. The molecule has 2 atom stereocenters. The van der Waals surface area contributed by atoms with Crippen LogP contribution >= 0.6 is 0 Å². The third-order valence-corrected chi connectivity index (χ3v) is 3.77. The molecule has 0 bridgehead atoms. The van der Waals surface area contributed by atoms with Gasteiger partial charge in [-0.3, -0.25) is 4.79 Å². The molecule has 0 aliphatic carbocycles. The molecule has 1 fully saturated rings. The topological polar surface area (TPSA) is 45.2 Å². The maximum absolute atomic E-state index is 12.5. The van der Waals surface area contributed by atoms with Crippen molar-refractivity contribution in [3.05, 3.63) is 23.9 Å². The van der Waals surface area contributed by atoms with Crippen LogP contribution in [0.25, 0.3) is 0 Å². The first kappa shape index (κ1) is 13.8. The molecule has 2 unspecified atom stereocenters. The van der Waals surface area contributed by atoms with Crippen molar-refractivity contribution in [3.63, 3.8) is 0 Å². The number of likely N-dealkylation sites (tertiary alicyclic amines) is 1. The number of hydrogen-bond donors (Lipinski definition) is 1. The van der Waals surface area contributed by atoms with Gasteiger partial charge in [-0.05, 0) is 44.7 Å². The number of pyridine rings is 1. The van der Waals surface area contributed by atoms with E-state index < -0.39 is 0 Å². The Bertz CT molecular complexity index is 430. The number of carbonyl (C=O) groups is 1. The third kappa shape index (κ3) is 3.25. The van der Waals surface area contributed by atoms with Crippen LogP contribution in [0, 0.1) is 5.92 Å². The maximum atomic E-state index is 12.5. The van der Waals surface area contributed by atoms with Crippen LogP contribution in [0.5, 0.6) is 0 Å². The minimum absolute atomic E-state index is 0.106. The van der Waals surface area contributed by atoms with Gasteiger partial charge in [0.2, 0.25) is 0 Å². The number of nitrogens with one attached hydrogen (secondary N) is 1. The van der Waals surface area contributed by atoms with Crippen LogP contribution in [-0.4, -0.2) is 34.9 Å². The molecule has 1 aliphatic heterocycles. The molecule has 2 rings (SSSR count). The van der Waals surface area contributed by atoms with Gasteiger partial charge >= 0.3 is 0 Å². The number of piperidine rings is 1. The fourth-order valence-electron chi connectivity index (χ4n) is 2.68. The first-order chi connectivity index (χ1) is 9.11. The summed E-state index contributed by atoms with van der Waals surface area (Å²) in [6.07, 6.45) is 3.86. The van der Waals surface area contributed by atoms with Gasteiger partial charge < -0.3 is 10.2 Å². The second-order valence-corrected chi connectivity index (χ2v) is 5.44. The van der Waals surface area contributed by atoms with Crippen molar-refractivity contribution in [2.75, 3.05) is 18.4 Å². The number of aromatic nitrogens is 1. The molecular weight excluding hydrogens is 238 g/mol. The van der Waals surface area contributed by atoms with Crippen LogP contribution < -0.4 is 5.32 Å². The second-order valence-electron chi connectivity index (χ2n) is 5.44. The highest BCUT2D eigenvalue weighted by Crippen LogP contribution is 2.23. The summed E-state index contributed by atoms with van der Waals surface area (Å²) in [6, 6.07) is 4.05. The zero-order valence-electron chi connectivity index (χ0n) is 12.0. The summed E-state index contributed by atoms with van der Waals surface area (Å²) in [6.45, 7) is 8.11. The molecule has 1 aromatic rings. The van der Waals surface area contributed by atoms with E-state index >= 15 is 0 Å². The maximum Gasteiger partial charge on any atom is 0.255 e. The van der Waals surface area contributed by atoms with E-state index in [4.69, 9.17) is 0 Å². The van der Waals surface area contributed by atoms with Crippen molar-refractivity contribution < 1.29 is 4.79 Å². The molecule has 104 valence electrons. The summed E-state index contributed by atoms with van der Waals surface area (Å²) in [7, 11) is 0. The molecule has 0 spiro atoms. The average molecular weight is 261 g/mol. The lowest BCUT2D eigenvalue weighted by atomic mass is 9.93. The highest BCUT2D eigenvalue weighted by molar-refractivity contribution is 5.94. The minimum Gasteiger partial charge on any atom is -0.370 e. The molecule has 19 heavy (non-hydrogen) atoms. The van der Waals surface area contributed by atoms with E-state index in [0.29, 0.717) is 17.5 Å². The molecular formula is C15H23N3O. The van der Waals surface area contributed by atoms with Gasteiger partial charge in [-0.1, -0.05) is 6.92 Å². The van der Waals surface area contributed by atoms with Crippen molar-refractivity contribution in [2.24, 2.45) is 5.92 Å². The zero-order valence-corrected chi connectivity index (χ0v) is 12.0. The molecule has 1 aliphatic rings. The number of amides is 1. The summed E-state index contributed by atoms with van der Waals surface area (Å²) < 4.78 is 0. The Kier molecular flexibility index (Phi) is 4.40. The summed E-state index contributed by atoms with van der Waals surface area (Å²) in [5, 5.41) is 3.13. The van der Waals surface area contributed by atoms with E-state index in [0.717, 1.165) is 31.7 Å². The van der Waals surface area contributed by atoms with E-state index in [9.17, 15) is 4.79 Å². The zero-order chi connectivity index (χ0) is 13.8. The Morgan fingerprint density at radius 2 is 2.26 bits per heavy atom. The highest BCUT2D eigenvalue weighted by atomic mass is 16.2. The lowest BCUT2D eigenvalue weighted by molar-refractivity contribution is 0.0588.